The first-order valence-electron chi connectivity index (χ1n) is 15.7. The first-order chi connectivity index (χ1) is 22.8. The van der Waals surface area contributed by atoms with Crippen LogP contribution in [0, 0.1) is 0 Å². The first kappa shape index (κ1) is 26.7. The Labute approximate surface area is 272 Å². The third kappa shape index (κ3) is 4.38. The molecule has 1 heterocycles. The van der Waals surface area contributed by atoms with Gasteiger partial charge in [0.2, 0.25) is 0 Å². The summed E-state index contributed by atoms with van der Waals surface area (Å²) >= 11 is 1.86. The number of hydrogen-bond donors (Lipinski definition) is 0. The summed E-state index contributed by atoms with van der Waals surface area (Å²) in [6.07, 6.45) is 0. The summed E-state index contributed by atoms with van der Waals surface area (Å²) < 4.78 is 2.63. The SMILES string of the molecule is c1ccc(-c2c3ccccc3c(-c3ccc(N(c4ccccc4)c4ccc5sc6ccccc6c5c4)cc3)c3ccccc23)cc1. The molecule has 0 saturated carbocycles. The summed E-state index contributed by atoms with van der Waals surface area (Å²) in [5.41, 5.74) is 8.43. The molecule has 0 spiro atoms. The molecule has 1 aromatic heterocycles. The number of para-hydroxylation sites is 1. The molecule has 9 aromatic rings. The molecule has 0 N–H and O–H groups in total. The Bertz CT molecular complexity index is 2450. The molecule has 9 rings (SSSR count). The van der Waals surface area contributed by atoms with Gasteiger partial charge in [-0.1, -0.05) is 127 Å². The van der Waals surface area contributed by atoms with Crippen LogP contribution in [-0.4, -0.2) is 0 Å². The normalized spacial score (nSPS) is 11.5. The number of hydrogen-bond acceptors (Lipinski definition) is 2. The molecule has 216 valence electrons. The van der Waals surface area contributed by atoms with Crippen molar-refractivity contribution >= 4 is 70.1 Å². The Hall–Kier alpha value is -5.70. The smallest absolute Gasteiger partial charge is 0.0468 e. The van der Waals surface area contributed by atoms with E-state index in [2.05, 4.69) is 181 Å². The zero-order chi connectivity index (χ0) is 30.5. The minimum atomic E-state index is 1.13. The zero-order valence-corrected chi connectivity index (χ0v) is 25.9. The monoisotopic (exact) mass is 603 g/mol. The molecule has 46 heavy (non-hydrogen) atoms. The Morgan fingerprint density at radius 1 is 0.304 bits per heavy atom. The van der Waals surface area contributed by atoms with E-state index >= 15 is 0 Å². The van der Waals surface area contributed by atoms with Gasteiger partial charge in [0.05, 0.1) is 0 Å². The van der Waals surface area contributed by atoms with Crippen molar-refractivity contribution in [1.82, 2.24) is 0 Å². The average Bonchev–Trinajstić information content (AvgIpc) is 3.50. The molecular formula is C44H29NS. The van der Waals surface area contributed by atoms with Crippen LogP contribution in [0.15, 0.2) is 176 Å². The predicted molar refractivity (Wildman–Crippen MR) is 200 cm³/mol. The van der Waals surface area contributed by atoms with Crippen molar-refractivity contribution in [2.75, 3.05) is 4.90 Å². The molecule has 0 unspecified atom stereocenters. The van der Waals surface area contributed by atoms with Crippen molar-refractivity contribution in [2.45, 2.75) is 0 Å². The van der Waals surface area contributed by atoms with Crippen molar-refractivity contribution in [3.63, 3.8) is 0 Å². The molecule has 1 nitrogen and oxygen atoms in total. The first-order valence-corrected chi connectivity index (χ1v) is 16.5. The quantitative estimate of drug-likeness (QED) is 0.177. The molecule has 8 aromatic carbocycles. The molecule has 0 bridgehead atoms. The van der Waals surface area contributed by atoms with Crippen LogP contribution in [0.5, 0.6) is 0 Å². The lowest BCUT2D eigenvalue weighted by Gasteiger charge is -2.26. The van der Waals surface area contributed by atoms with E-state index in [4.69, 9.17) is 0 Å². The van der Waals surface area contributed by atoms with E-state index in [1.807, 2.05) is 11.3 Å². The molecule has 0 fully saturated rings. The van der Waals surface area contributed by atoms with E-state index < -0.39 is 0 Å². The maximum absolute atomic E-state index is 2.37. The number of thiophene rings is 1. The van der Waals surface area contributed by atoms with Crippen LogP contribution in [0.1, 0.15) is 0 Å². The maximum atomic E-state index is 2.37. The highest BCUT2D eigenvalue weighted by atomic mass is 32.1. The van der Waals surface area contributed by atoms with Gasteiger partial charge in [-0.05, 0) is 92.3 Å². The van der Waals surface area contributed by atoms with Gasteiger partial charge in [0.1, 0.15) is 0 Å². The van der Waals surface area contributed by atoms with E-state index in [0.29, 0.717) is 0 Å². The van der Waals surface area contributed by atoms with Gasteiger partial charge in [0.15, 0.2) is 0 Å². The van der Waals surface area contributed by atoms with Gasteiger partial charge < -0.3 is 4.90 Å². The Morgan fingerprint density at radius 3 is 1.35 bits per heavy atom. The van der Waals surface area contributed by atoms with Gasteiger partial charge in [-0.15, -0.1) is 11.3 Å². The highest BCUT2D eigenvalue weighted by Crippen LogP contribution is 2.45. The van der Waals surface area contributed by atoms with E-state index in [9.17, 15) is 0 Å². The second-order valence-corrected chi connectivity index (χ2v) is 12.8. The Morgan fingerprint density at radius 2 is 0.739 bits per heavy atom. The molecule has 0 aliphatic rings. The lowest BCUT2D eigenvalue weighted by Crippen LogP contribution is -2.09. The fraction of sp³-hybridized carbons (Fsp3) is 0. The van der Waals surface area contributed by atoms with Crippen molar-refractivity contribution in [2.24, 2.45) is 0 Å². The standard InChI is InChI=1S/C44H29NS/c1-3-13-30(14-4-1)43-36-18-7-9-20-38(36)44(39-21-10-8-19-37(39)43)31-23-25-33(26-24-31)45(32-15-5-2-6-16-32)34-27-28-42-40(29-34)35-17-11-12-22-41(35)46-42/h1-29H. The highest BCUT2D eigenvalue weighted by Gasteiger charge is 2.18. The summed E-state index contributed by atoms with van der Waals surface area (Å²) in [5.74, 6) is 0. The topological polar surface area (TPSA) is 3.24 Å². The molecule has 0 amide bonds. The van der Waals surface area contributed by atoms with Crippen molar-refractivity contribution in [3.05, 3.63) is 176 Å². The van der Waals surface area contributed by atoms with E-state index in [0.717, 1.165) is 17.1 Å². The number of nitrogens with zero attached hydrogens (tertiary/aromatic N) is 1. The highest BCUT2D eigenvalue weighted by molar-refractivity contribution is 7.25. The van der Waals surface area contributed by atoms with Gasteiger partial charge in [0, 0.05) is 37.2 Å². The number of rotatable bonds is 5. The van der Waals surface area contributed by atoms with Crippen LogP contribution >= 0.6 is 11.3 Å². The molecule has 0 atom stereocenters. The van der Waals surface area contributed by atoms with Gasteiger partial charge in [-0.3, -0.25) is 0 Å². The van der Waals surface area contributed by atoms with Crippen LogP contribution in [-0.2, 0) is 0 Å². The number of fused-ring (bicyclic) bond motifs is 5. The second kappa shape index (κ2) is 11.0. The minimum Gasteiger partial charge on any atom is -0.310 e. The largest absolute Gasteiger partial charge is 0.310 e. The van der Waals surface area contributed by atoms with Crippen LogP contribution in [0.2, 0.25) is 0 Å². The summed E-state index contributed by atoms with van der Waals surface area (Å²) in [7, 11) is 0. The van der Waals surface area contributed by atoms with Gasteiger partial charge in [0.25, 0.3) is 0 Å². The minimum absolute atomic E-state index is 1.13. The fourth-order valence-electron chi connectivity index (χ4n) is 7.01. The van der Waals surface area contributed by atoms with Gasteiger partial charge in [-0.2, -0.15) is 0 Å². The van der Waals surface area contributed by atoms with Crippen LogP contribution in [0.3, 0.4) is 0 Å². The molecule has 2 heteroatoms. The van der Waals surface area contributed by atoms with Crippen molar-refractivity contribution in [3.8, 4) is 22.3 Å². The summed E-state index contributed by atoms with van der Waals surface area (Å²) in [6.45, 7) is 0. The summed E-state index contributed by atoms with van der Waals surface area (Å²) in [4.78, 5) is 2.37. The molecular weight excluding hydrogens is 575 g/mol. The van der Waals surface area contributed by atoms with Crippen molar-refractivity contribution in [1.29, 1.82) is 0 Å². The average molecular weight is 604 g/mol. The van der Waals surface area contributed by atoms with E-state index in [-0.39, 0.29) is 0 Å². The summed E-state index contributed by atoms with van der Waals surface area (Å²) in [6, 6.07) is 63.9. The summed E-state index contributed by atoms with van der Waals surface area (Å²) in [5, 5.41) is 7.69. The fourth-order valence-corrected chi connectivity index (χ4v) is 8.10. The second-order valence-electron chi connectivity index (χ2n) is 11.7. The number of benzene rings is 8. The lowest BCUT2D eigenvalue weighted by molar-refractivity contribution is 1.29. The third-order valence-corrected chi connectivity index (χ3v) is 10.2. The Kier molecular flexibility index (Phi) is 6.40. The van der Waals surface area contributed by atoms with Crippen LogP contribution in [0.25, 0.3) is 64.0 Å². The van der Waals surface area contributed by atoms with Crippen molar-refractivity contribution < 1.29 is 0 Å². The molecule has 0 saturated heterocycles. The Balaban J connectivity index is 1.22. The maximum Gasteiger partial charge on any atom is 0.0468 e. The van der Waals surface area contributed by atoms with E-state index in [1.54, 1.807) is 0 Å². The predicted octanol–water partition coefficient (Wildman–Crippen LogP) is 13.2. The van der Waals surface area contributed by atoms with Gasteiger partial charge >= 0.3 is 0 Å². The molecule has 0 radical (unpaired) electrons. The lowest BCUT2D eigenvalue weighted by atomic mass is 9.86. The molecule has 0 aliphatic carbocycles. The molecule has 0 aliphatic heterocycles. The van der Waals surface area contributed by atoms with Crippen LogP contribution in [0.4, 0.5) is 17.1 Å². The zero-order valence-electron chi connectivity index (χ0n) is 25.1. The van der Waals surface area contributed by atoms with Crippen LogP contribution < -0.4 is 4.90 Å². The number of anilines is 3. The van der Waals surface area contributed by atoms with Gasteiger partial charge in [-0.25, -0.2) is 0 Å². The third-order valence-electron chi connectivity index (χ3n) is 9.04. The van der Waals surface area contributed by atoms with E-state index in [1.165, 1.54) is 64.0 Å².